The molecule has 0 N–H and O–H groups in total. The van der Waals surface area contributed by atoms with Gasteiger partial charge in [-0.15, -0.1) is 0 Å². The topological polar surface area (TPSA) is 35.0 Å². The highest BCUT2D eigenvalue weighted by molar-refractivity contribution is 14.1. The molecule has 2 rings (SSSR count). The molecule has 1 fully saturated rings. The minimum atomic E-state index is 0.209. The molecule has 0 aliphatic carbocycles. The Labute approximate surface area is 88.8 Å². The van der Waals surface area contributed by atoms with Gasteiger partial charge in [0, 0.05) is 22.6 Å². The van der Waals surface area contributed by atoms with Crippen LogP contribution in [0.15, 0.2) is 0 Å². The summed E-state index contributed by atoms with van der Waals surface area (Å²) in [5, 5.41) is 1.03. The van der Waals surface area contributed by atoms with Gasteiger partial charge in [-0.1, -0.05) is 0 Å². The average Bonchev–Trinajstić information content (AvgIpc) is 2.58. The van der Waals surface area contributed by atoms with Gasteiger partial charge in [0.1, 0.15) is 11.1 Å². The Bertz CT molecular complexity index is 278. The first-order valence-electron chi connectivity index (χ1n) is 3.90. The van der Waals surface area contributed by atoms with Crippen molar-refractivity contribution >= 4 is 34.1 Å². The maximum atomic E-state index is 5.67. The van der Waals surface area contributed by atoms with Crippen LogP contribution in [0.2, 0.25) is 0 Å². The summed E-state index contributed by atoms with van der Waals surface area (Å²) in [5.41, 5.74) is 0. The molecule has 2 atom stereocenters. The summed E-state index contributed by atoms with van der Waals surface area (Å²) < 4.78 is 10.6. The third kappa shape index (κ3) is 1.77. The molecule has 1 aliphatic rings. The highest BCUT2D eigenvalue weighted by atomic mass is 127. The summed E-state index contributed by atoms with van der Waals surface area (Å²) in [6.07, 6.45) is 2.82. The van der Waals surface area contributed by atoms with E-state index in [9.17, 15) is 0 Å². The highest BCUT2D eigenvalue weighted by Gasteiger charge is 2.25. The first-order chi connectivity index (χ1) is 5.75. The minimum absolute atomic E-state index is 0.209. The molecule has 66 valence electrons. The van der Waals surface area contributed by atoms with Crippen molar-refractivity contribution in [1.29, 1.82) is 0 Å². The Balaban J connectivity index is 2.11. The van der Waals surface area contributed by atoms with Crippen LogP contribution in [-0.4, -0.2) is 15.5 Å². The number of rotatable bonds is 1. The van der Waals surface area contributed by atoms with Gasteiger partial charge in [0.05, 0.1) is 6.10 Å². The molecule has 2 heterocycles. The molecule has 0 bridgehead atoms. The maximum Gasteiger partial charge on any atom is 0.203 e. The Kier molecular flexibility index (Phi) is 2.61. The summed E-state index contributed by atoms with van der Waals surface area (Å²) >= 11 is 3.58. The van der Waals surface area contributed by atoms with Crippen molar-refractivity contribution in [1.82, 2.24) is 9.36 Å². The van der Waals surface area contributed by atoms with Crippen LogP contribution in [0, 0.1) is 3.83 Å². The van der Waals surface area contributed by atoms with E-state index in [1.807, 2.05) is 0 Å². The van der Waals surface area contributed by atoms with Crippen molar-refractivity contribution < 1.29 is 4.74 Å². The van der Waals surface area contributed by atoms with Gasteiger partial charge >= 0.3 is 0 Å². The van der Waals surface area contributed by atoms with Crippen LogP contribution in [0.5, 0.6) is 0 Å². The standard InChI is InChI=1S/C7H9IN2OS/c1-4-2-3-5(11-4)6-9-7(8)10-12-6/h4-5H,2-3H2,1H3. The molecule has 0 aromatic carbocycles. The van der Waals surface area contributed by atoms with Gasteiger partial charge in [-0.25, -0.2) is 4.98 Å². The first kappa shape index (κ1) is 8.83. The number of nitrogens with zero attached hydrogens (tertiary/aromatic N) is 2. The third-order valence-corrected chi connectivity index (χ3v) is 3.54. The fraction of sp³-hybridized carbons (Fsp3) is 0.714. The van der Waals surface area contributed by atoms with E-state index >= 15 is 0 Å². The lowest BCUT2D eigenvalue weighted by Gasteiger charge is -2.05. The SMILES string of the molecule is CC1CCC(c2nc(I)ns2)O1. The van der Waals surface area contributed by atoms with Gasteiger partial charge in [-0.2, -0.15) is 4.37 Å². The monoisotopic (exact) mass is 296 g/mol. The van der Waals surface area contributed by atoms with E-state index in [1.54, 1.807) is 0 Å². The van der Waals surface area contributed by atoms with Crippen LogP contribution >= 0.6 is 34.1 Å². The molecule has 0 radical (unpaired) electrons. The second-order valence-electron chi connectivity index (χ2n) is 2.91. The van der Waals surface area contributed by atoms with E-state index in [0.717, 1.165) is 21.7 Å². The normalized spacial score (nSPS) is 29.5. The van der Waals surface area contributed by atoms with Crippen LogP contribution in [-0.2, 0) is 4.74 Å². The van der Waals surface area contributed by atoms with Crippen LogP contribution in [0.25, 0.3) is 0 Å². The number of halogens is 1. The predicted molar refractivity (Wildman–Crippen MR) is 55.1 cm³/mol. The Morgan fingerprint density at radius 2 is 2.42 bits per heavy atom. The summed E-state index contributed by atoms with van der Waals surface area (Å²) in [7, 11) is 0. The van der Waals surface area contributed by atoms with Crippen molar-refractivity contribution in [2.45, 2.75) is 32.0 Å². The summed E-state index contributed by atoms with van der Waals surface area (Å²) in [5.74, 6) is 0. The number of aromatic nitrogens is 2. The van der Waals surface area contributed by atoms with Gasteiger partial charge in [-0.05, 0) is 31.3 Å². The zero-order chi connectivity index (χ0) is 8.55. The summed E-state index contributed by atoms with van der Waals surface area (Å²) in [6.45, 7) is 2.10. The van der Waals surface area contributed by atoms with Crippen molar-refractivity contribution in [2.24, 2.45) is 0 Å². The van der Waals surface area contributed by atoms with E-state index in [-0.39, 0.29) is 6.10 Å². The molecule has 1 aliphatic heterocycles. The fourth-order valence-electron chi connectivity index (χ4n) is 1.33. The first-order valence-corrected chi connectivity index (χ1v) is 5.75. The van der Waals surface area contributed by atoms with Crippen molar-refractivity contribution in [3.05, 3.63) is 8.84 Å². The van der Waals surface area contributed by atoms with Gasteiger partial charge in [0.15, 0.2) is 0 Å². The fourth-order valence-corrected chi connectivity index (χ4v) is 2.68. The molecule has 12 heavy (non-hydrogen) atoms. The molecular weight excluding hydrogens is 287 g/mol. The van der Waals surface area contributed by atoms with Crippen LogP contribution in [0.1, 0.15) is 30.9 Å². The van der Waals surface area contributed by atoms with Gasteiger partial charge in [0.25, 0.3) is 0 Å². The highest BCUT2D eigenvalue weighted by Crippen LogP contribution is 2.33. The van der Waals surface area contributed by atoms with Crippen LogP contribution in [0.4, 0.5) is 0 Å². The smallest absolute Gasteiger partial charge is 0.203 e. The molecule has 0 saturated carbocycles. The number of ether oxygens (including phenoxy) is 1. The van der Waals surface area contributed by atoms with E-state index in [2.05, 4.69) is 38.9 Å². The van der Waals surface area contributed by atoms with E-state index in [0.29, 0.717) is 6.10 Å². The molecule has 2 unspecified atom stereocenters. The zero-order valence-corrected chi connectivity index (χ0v) is 9.63. The largest absolute Gasteiger partial charge is 0.368 e. The van der Waals surface area contributed by atoms with Crippen molar-refractivity contribution in [2.75, 3.05) is 0 Å². The summed E-state index contributed by atoms with van der Waals surface area (Å²) in [6, 6.07) is 0. The summed E-state index contributed by atoms with van der Waals surface area (Å²) in [4.78, 5) is 4.30. The van der Waals surface area contributed by atoms with E-state index in [4.69, 9.17) is 4.74 Å². The number of hydrogen-bond acceptors (Lipinski definition) is 4. The predicted octanol–water partition coefficient (Wildman–Crippen LogP) is 2.38. The zero-order valence-electron chi connectivity index (χ0n) is 6.66. The second kappa shape index (κ2) is 3.55. The maximum absolute atomic E-state index is 5.67. The van der Waals surface area contributed by atoms with Crippen molar-refractivity contribution in [3.8, 4) is 0 Å². The second-order valence-corrected chi connectivity index (χ2v) is 4.66. The van der Waals surface area contributed by atoms with Gasteiger partial charge in [-0.3, -0.25) is 0 Å². The lowest BCUT2D eigenvalue weighted by atomic mass is 10.2. The molecule has 0 spiro atoms. The van der Waals surface area contributed by atoms with Crippen LogP contribution < -0.4 is 0 Å². The van der Waals surface area contributed by atoms with Gasteiger partial charge in [0.2, 0.25) is 3.83 Å². The van der Waals surface area contributed by atoms with Crippen LogP contribution in [0.3, 0.4) is 0 Å². The lowest BCUT2D eigenvalue weighted by molar-refractivity contribution is 0.0553. The molecule has 3 nitrogen and oxygen atoms in total. The molecular formula is C7H9IN2OS. The Morgan fingerprint density at radius 1 is 1.58 bits per heavy atom. The molecule has 1 saturated heterocycles. The van der Waals surface area contributed by atoms with Gasteiger partial charge < -0.3 is 4.74 Å². The minimum Gasteiger partial charge on any atom is -0.368 e. The third-order valence-electron chi connectivity index (χ3n) is 1.92. The quantitative estimate of drug-likeness (QED) is 0.746. The molecule has 1 aromatic heterocycles. The number of hydrogen-bond donors (Lipinski definition) is 0. The molecule has 1 aromatic rings. The van der Waals surface area contributed by atoms with E-state index < -0.39 is 0 Å². The van der Waals surface area contributed by atoms with E-state index in [1.165, 1.54) is 11.5 Å². The molecule has 0 amide bonds. The Morgan fingerprint density at radius 3 is 2.92 bits per heavy atom. The van der Waals surface area contributed by atoms with Crippen molar-refractivity contribution in [3.63, 3.8) is 0 Å². The lowest BCUT2D eigenvalue weighted by Crippen LogP contribution is -2.00. The Hall–Kier alpha value is 0.250. The average molecular weight is 296 g/mol. The molecule has 5 heteroatoms.